The third-order valence-corrected chi connectivity index (χ3v) is 5.46. The number of carbonyl (C=O) groups is 2. The van der Waals surface area contributed by atoms with Crippen LogP contribution in [0.2, 0.25) is 5.02 Å². The number of rotatable bonds is 7. The lowest BCUT2D eigenvalue weighted by Crippen LogP contribution is -2.55. The first-order chi connectivity index (χ1) is 12.5. The van der Waals surface area contributed by atoms with Gasteiger partial charge in [-0.25, -0.2) is 0 Å². The standard InChI is InChI=1S/C18H21ClN2O5/c19-14-3-11(4-15-17(14)26-9-25-15)18(24)20-12-5-13(6-12)21(8-16(22)23)7-10-1-2-10/h3-4,10,12-13H,1-2,5-9H2,(H,20,24)(H,22,23). The number of benzene rings is 1. The second kappa shape index (κ2) is 6.96. The molecule has 0 radical (unpaired) electrons. The Balaban J connectivity index is 1.32. The third-order valence-electron chi connectivity index (χ3n) is 5.18. The van der Waals surface area contributed by atoms with E-state index in [1.54, 1.807) is 12.1 Å². The normalized spacial score (nSPS) is 23.6. The Hall–Kier alpha value is -1.99. The van der Waals surface area contributed by atoms with Crippen LogP contribution >= 0.6 is 11.6 Å². The first-order valence-electron chi connectivity index (χ1n) is 8.85. The van der Waals surface area contributed by atoms with Crippen molar-refractivity contribution in [3.63, 3.8) is 0 Å². The first kappa shape index (κ1) is 17.4. The van der Waals surface area contributed by atoms with Crippen LogP contribution in [-0.2, 0) is 4.79 Å². The largest absolute Gasteiger partial charge is 0.480 e. The number of nitrogens with zero attached hydrogens (tertiary/aromatic N) is 1. The zero-order chi connectivity index (χ0) is 18.3. The van der Waals surface area contributed by atoms with E-state index in [0.29, 0.717) is 28.0 Å². The molecule has 0 unspecified atom stereocenters. The number of carboxylic acids is 1. The van der Waals surface area contributed by atoms with Gasteiger partial charge in [0.15, 0.2) is 11.5 Å². The lowest BCUT2D eigenvalue weighted by molar-refractivity contribution is -0.139. The molecule has 2 aliphatic carbocycles. The number of carboxylic acid groups (broad SMARTS) is 1. The summed E-state index contributed by atoms with van der Waals surface area (Å²) >= 11 is 6.12. The molecule has 2 saturated carbocycles. The quantitative estimate of drug-likeness (QED) is 0.753. The molecule has 3 aliphatic rings. The number of nitrogens with one attached hydrogen (secondary N) is 1. The van der Waals surface area contributed by atoms with Crippen molar-refractivity contribution in [2.75, 3.05) is 19.9 Å². The molecule has 0 spiro atoms. The zero-order valence-electron chi connectivity index (χ0n) is 14.2. The van der Waals surface area contributed by atoms with E-state index >= 15 is 0 Å². The number of fused-ring (bicyclic) bond motifs is 1. The summed E-state index contributed by atoms with van der Waals surface area (Å²) in [6.07, 6.45) is 3.91. The van der Waals surface area contributed by atoms with Crippen LogP contribution < -0.4 is 14.8 Å². The lowest BCUT2D eigenvalue weighted by atomic mass is 9.85. The lowest BCUT2D eigenvalue weighted by Gasteiger charge is -2.42. The maximum atomic E-state index is 12.5. The summed E-state index contributed by atoms with van der Waals surface area (Å²) in [6.45, 7) is 1.01. The fourth-order valence-corrected chi connectivity index (χ4v) is 3.78. The minimum absolute atomic E-state index is 0.0483. The van der Waals surface area contributed by atoms with E-state index in [1.165, 1.54) is 12.8 Å². The van der Waals surface area contributed by atoms with Crippen molar-refractivity contribution < 1.29 is 24.2 Å². The Morgan fingerprint density at radius 2 is 2.04 bits per heavy atom. The van der Waals surface area contributed by atoms with Crippen LogP contribution in [0.4, 0.5) is 0 Å². The molecule has 8 heteroatoms. The van der Waals surface area contributed by atoms with E-state index in [2.05, 4.69) is 5.32 Å². The SMILES string of the molecule is O=C(O)CN(CC1CC1)C1CC(NC(=O)c2cc(Cl)c3c(c2)OCO3)C1. The number of aliphatic carboxylic acids is 1. The summed E-state index contributed by atoms with van der Waals surface area (Å²) in [5, 5.41) is 12.4. The van der Waals surface area contributed by atoms with E-state index in [-0.39, 0.29) is 31.3 Å². The second-order valence-corrected chi connectivity index (χ2v) is 7.66. The van der Waals surface area contributed by atoms with Crippen LogP contribution in [0.25, 0.3) is 0 Å². The highest BCUT2D eigenvalue weighted by Crippen LogP contribution is 2.40. The van der Waals surface area contributed by atoms with Crippen molar-refractivity contribution in [3.8, 4) is 11.5 Å². The second-order valence-electron chi connectivity index (χ2n) is 7.25. The van der Waals surface area contributed by atoms with Gasteiger partial charge in [0, 0.05) is 24.2 Å². The van der Waals surface area contributed by atoms with Gasteiger partial charge in [-0.1, -0.05) is 11.6 Å². The highest BCUT2D eigenvalue weighted by Gasteiger charge is 2.38. The molecule has 0 saturated heterocycles. The van der Waals surface area contributed by atoms with Gasteiger partial charge in [0.05, 0.1) is 11.6 Å². The van der Waals surface area contributed by atoms with Crippen LogP contribution in [0, 0.1) is 5.92 Å². The van der Waals surface area contributed by atoms with E-state index in [4.69, 9.17) is 26.2 Å². The Morgan fingerprint density at radius 3 is 2.73 bits per heavy atom. The molecule has 2 N–H and O–H groups in total. The fourth-order valence-electron chi connectivity index (χ4n) is 3.52. The summed E-state index contributed by atoms with van der Waals surface area (Å²) in [5.41, 5.74) is 0.433. The highest BCUT2D eigenvalue weighted by atomic mass is 35.5. The van der Waals surface area contributed by atoms with Gasteiger partial charge in [0.25, 0.3) is 5.91 Å². The summed E-state index contributed by atoms with van der Waals surface area (Å²) in [6, 6.07) is 3.47. The van der Waals surface area contributed by atoms with Crippen LogP contribution in [0.15, 0.2) is 12.1 Å². The van der Waals surface area contributed by atoms with Crippen molar-refractivity contribution in [1.29, 1.82) is 0 Å². The van der Waals surface area contributed by atoms with Crippen molar-refractivity contribution in [2.24, 2.45) is 5.92 Å². The molecule has 0 atom stereocenters. The van der Waals surface area contributed by atoms with Crippen LogP contribution in [0.5, 0.6) is 11.5 Å². The zero-order valence-corrected chi connectivity index (χ0v) is 15.0. The van der Waals surface area contributed by atoms with Gasteiger partial charge in [-0.15, -0.1) is 0 Å². The smallest absolute Gasteiger partial charge is 0.317 e. The summed E-state index contributed by atoms with van der Waals surface area (Å²) in [4.78, 5) is 25.6. The predicted octanol–water partition coefficient (Wildman–Crippen LogP) is 2.13. The Kier molecular flexibility index (Phi) is 4.67. The number of carbonyl (C=O) groups excluding carboxylic acids is 1. The van der Waals surface area contributed by atoms with Crippen molar-refractivity contribution >= 4 is 23.5 Å². The summed E-state index contributed by atoms with van der Waals surface area (Å²) < 4.78 is 10.5. The Labute approximate surface area is 156 Å². The van der Waals surface area contributed by atoms with Crippen molar-refractivity contribution in [3.05, 3.63) is 22.7 Å². The van der Waals surface area contributed by atoms with Crippen LogP contribution in [0.3, 0.4) is 0 Å². The molecule has 140 valence electrons. The molecule has 7 nitrogen and oxygen atoms in total. The highest BCUT2D eigenvalue weighted by molar-refractivity contribution is 6.32. The molecule has 0 bridgehead atoms. The van der Waals surface area contributed by atoms with E-state index in [1.807, 2.05) is 4.90 Å². The number of halogens is 1. The molecular weight excluding hydrogens is 360 g/mol. The molecule has 0 aromatic heterocycles. The van der Waals surface area contributed by atoms with Crippen LogP contribution in [0.1, 0.15) is 36.0 Å². The van der Waals surface area contributed by atoms with Gasteiger partial charge in [0.1, 0.15) is 0 Å². The molecule has 1 heterocycles. The van der Waals surface area contributed by atoms with Crippen LogP contribution in [-0.4, -0.2) is 53.8 Å². The maximum absolute atomic E-state index is 12.5. The predicted molar refractivity (Wildman–Crippen MR) is 93.8 cm³/mol. The molecule has 1 aromatic carbocycles. The first-order valence-corrected chi connectivity index (χ1v) is 9.23. The molecule has 1 amide bonds. The average molecular weight is 381 g/mol. The molecule has 26 heavy (non-hydrogen) atoms. The van der Waals surface area contributed by atoms with Crippen molar-refractivity contribution in [2.45, 2.75) is 37.8 Å². The Bertz CT molecular complexity index is 731. The number of amides is 1. The third kappa shape index (κ3) is 3.73. The Morgan fingerprint density at radius 1 is 1.27 bits per heavy atom. The van der Waals surface area contributed by atoms with Gasteiger partial charge in [-0.3, -0.25) is 14.5 Å². The minimum atomic E-state index is -0.798. The average Bonchev–Trinajstić information content (AvgIpc) is 3.22. The molecule has 1 aliphatic heterocycles. The monoisotopic (exact) mass is 380 g/mol. The minimum Gasteiger partial charge on any atom is -0.480 e. The van der Waals surface area contributed by atoms with Gasteiger partial charge >= 0.3 is 5.97 Å². The fraction of sp³-hybridized carbons (Fsp3) is 0.556. The number of ether oxygens (including phenoxy) is 2. The maximum Gasteiger partial charge on any atom is 0.317 e. The van der Waals surface area contributed by atoms with Crippen molar-refractivity contribution in [1.82, 2.24) is 10.2 Å². The topological polar surface area (TPSA) is 88.1 Å². The van der Waals surface area contributed by atoms with Gasteiger partial charge in [-0.05, 0) is 43.7 Å². The molecule has 2 fully saturated rings. The van der Waals surface area contributed by atoms with E-state index in [0.717, 1.165) is 19.4 Å². The van der Waals surface area contributed by atoms with Gasteiger partial charge < -0.3 is 19.9 Å². The summed E-state index contributed by atoms with van der Waals surface area (Å²) in [7, 11) is 0. The summed E-state index contributed by atoms with van der Waals surface area (Å²) in [5.74, 6) is 0.579. The molecular formula is C18H21ClN2O5. The van der Waals surface area contributed by atoms with Gasteiger partial charge in [0.2, 0.25) is 6.79 Å². The molecule has 1 aromatic rings. The molecule has 4 rings (SSSR count). The number of hydrogen-bond acceptors (Lipinski definition) is 5. The number of hydrogen-bond donors (Lipinski definition) is 2. The van der Waals surface area contributed by atoms with Gasteiger partial charge in [-0.2, -0.15) is 0 Å². The van der Waals surface area contributed by atoms with E-state index in [9.17, 15) is 9.59 Å². The van der Waals surface area contributed by atoms with E-state index < -0.39 is 5.97 Å².